The van der Waals surface area contributed by atoms with Gasteiger partial charge in [-0.2, -0.15) is 0 Å². The third-order valence-corrected chi connectivity index (χ3v) is 6.75. The molecule has 0 N–H and O–H groups in total. The van der Waals surface area contributed by atoms with E-state index in [2.05, 4.69) is 13.8 Å². The molecular weight excluding hydrogens is 392 g/mol. The van der Waals surface area contributed by atoms with Crippen LogP contribution in [0.15, 0.2) is 0 Å². The van der Waals surface area contributed by atoms with Crippen molar-refractivity contribution in [2.45, 2.75) is 181 Å². The van der Waals surface area contributed by atoms with Crippen molar-refractivity contribution in [2.75, 3.05) is 6.61 Å². The van der Waals surface area contributed by atoms with Crippen molar-refractivity contribution in [1.82, 2.24) is 0 Å². The maximum absolute atomic E-state index is 11.8. The fourth-order valence-electron chi connectivity index (χ4n) is 4.49. The topological polar surface area (TPSA) is 26.3 Å². The van der Waals surface area contributed by atoms with Gasteiger partial charge in [-0.15, -0.1) is 0 Å². The number of unbranched alkanes of at least 4 members (excludes halogenated alkanes) is 23. The second kappa shape index (κ2) is 28.5. The van der Waals surface area contributed by atoms with E-state index >= 15 is 0 Å². The Morgan fingerprint density at radius 1 is 0.406 bits per heavy atom. The number of carbonyl (C=O) groups is 1. The van der Waals surface area contributed by atoms with E-state index in [1.54, 1.807) is 0 Å². The van der Waals surface area contributed by atoms with Gasteiger partial charge in [0.1, 0.15) is 0 Å². The van der Waals surface area contributed by atoms with Gasteiger partial charge in [0.2, 0.25) is 0 Å². The van der Waals surface area contributed by atoms with Crippen LogP contribution in [0.25, 0.3) is 0 Å². The third-order valence-electron chi connectivity index (χ3n) is 6.75. The van der Waals surface area contributed by atoms with Crippen molar-refractivity contribution >= 4 is 5.97 Å². The van der Waals surface area contributed by atoms with Crippen LogP contribution in [0.5, 0.6) is 0 Å². The molecule has 0 fully saturated rings. The van der Waals surface area contributed by atoms with Crippen molar-refractivity contribution in [1.29, 1.82) is 0 Å². The van der Waals surface area contributed by atoms with E-state index in [9.17, 15) is 4.79 Å². The molecule has 0 aromatic heterocycles. The maximum Gasteiger partial charge on any atom is 0.305 e. The zero-order valence-electron chi connectivity index (χ0n) is 22.4. The molecule has 0 bridgehead atoms. The Kier molecular flexibility index (Phi) is 28.0. The van der Waals surface area contributed by atoms with E-state index in [-0.39, 0.29) is 5.97 Å². The van der Waals surface area contributed by atoms with Gasteiger partial charge in [-0.25, -0.2) is 0 Å². The van der Waals surface area contributed by atoms with Crippen LogP contribution >= 0.6 is 0 Å². The molecule has 0 spiro atoms. The summed E-state index contributed by atoms with van der Waals surface area (Å²) in [6.45, 7) is 5.19. The number of hydrogen-bond donors (Lipinski definition) is 0. The van der Waals surface area contributed by atoms with E-state index in [1.807, 2.05) is 0 Å². The molecule has 192 valence electrons. The summed E-state index contributed by atoms with van der Waals surface area (Å²) in [7, 11) is 0. The summed E-state index contributed by atoms with van der Waals surface area (Å²) in [6, 6.07) is 0. The number of ether oxygens (including phenoxy) is 1. The van der Waals surface area contributed by atoms with Crippen molar-refractivity contribution < 1.29 is 9.53 Å². The van der Waals surface area contributed by atoms with Crippen molar-refractivity contribution in [3.8, 4) is 0 Å². The van der Waals surface area contributed by atoms with E-state index < -0.39 is 0 Å². The summed E-state index contributed by atoms with van der Waals surface area (Å²) in [4.78, 5) is 11.8. The minimum absolute atomic E-state index is 0.0242. The van der Waals surface area contributed by atoms with Gasteiger partial charge in [0.05, 0.1) is 6.61 Å². The Balaban J connectivity index is 3.14. The van der Waals surface area contributed by atoms with E-state index in [1.165, 1.54) is 148 Å². The molecule has 0 rings (SSSR count). The zero-order chi connectivity index (χ0) is 23.4. The molecule has 0 radical (unpaired) electrons. The molecule has 0 saturated carbocycles. The quantitative estimate of drug-likeness (QED) is 0.0914. The maximum atomic E-state index is 11.8. The molecule has 0 saturated heterocycles. The lowest BCUT2D eigenvalue weighted by Crippen LogP contribution is -2.05. The zero-order valence-corrected chi connectivity index (χ0v) is 22.4. The Labute approximate surface area is 203 Å². The van der Waals surface area contributed by atoms with Crippen LogP contribution in [0.1, 0.15) is 181 Å². The number of rotatable bonds is 27. The van der Waals surface area contributed by atoms with E-state index in [4.69, 9.17) is 4.74 Å². The highest BCUT2D eigenvalue weighted by Gasteiger charge is 2.02. The van der Waals surface area contributed by atoms with Crippen LogP contribution in [-0.4, -0.2) is 12.6 Å². The highest BCUT2D eigenvalue weighted by Crippen LogP contribution is 2.14. The van der Waals surface area contributed by atoms with E-state index in [0.717, 1.165) is 12.8 Å². The summed E-state index contributed by atoms with van der Waals surface area (Å²) < 4.78 is 5.40. The number of carbonyl (C=O) groups excluding carboxylic acids is 1. The fraction of sp³-hybridized carbons (Fsp3) is 0.967. The molecular formula is C30H60O2. The lowest BCUT2D eigenvalue weighted by molar-refractivity contribution is -0.143. The smallest absolute Gasteiger partial charge is 0.305 e. The molecule has 0 amide bonds. The van der Waals surface area contributed by atoms with Gasteiger partial charge in [-0.05, 0) is 12.8 Å². The summed E-state index contributed by atoms with van der Waals surface area (Å²) in [5.41, 5.74) is 0. The first-order chi connectivity index (χ1) is 15.8. The predicted octanol–water partition coefficient (Wildman–Crippen LogP) is 10.7. The minimum Gasteiger partial charge on any atom is -0.466 e. The summed E-state index contributed by atoms with van der Waals surface area (Å²) in [5, 5.41) is 0. The standard InChI is InChI=1S/C30H60O2/c1-3-5-7-9-11-13-15-17-18-20-22-24-26-28-30(31)32-29-27-25-23-21-19-16-14-12-10-8-6-4-2/h3-29H2,1-2H3. The molecule has 0 aliphatic heterocycles. The van der Waals surface area contributed by atoms with Gasteiger partial charge < -0.3 is 4.74 Å². The molecule has 0 aliphatic carbocycles. The second-order valence-electron chi connectivity index (χ2n) is 10.1. The third kappa shape index (κ3) is 27.5. The van der Waals surface area contributed by atoms with Gasteiger partial charge in [0.25, 0.3) is 0 Å². The molecule has 0 aromatic rings. The highest BCUT2D eigenvalue weighted by molar-refractivity contribution is 5.69. The summed E-state index contributed by atoms with van der Waals surface area (Å²) in [5.74, 6) is 0.0242. The van der Waals surface area contributed by atoms with Crippen LogP contribution in [0.4, 0.5) is 0 Å². The van der Waals surface area contributed by atoms with Crippen molar-refractivity contribution in [3.05, 3.63) is 0 Å². The first-order valence-corrected chi connectivity index (χ1v) is 15.0. The lowest BCUT2D eigenvalue weighted by Gasteiger charge is -2.06. The van der Waals surface area contributed by atoms with Gasteiger partial charge in [-0.3, -0.25) is 4.79 Å². The summed E-state index contributed by atoms with van der Waals surface area (Å²) >= 11 is 0. The SMILES string of the molecule is CCCCCCCCCCCCCCCC(=O)OCCCCCCCCCCCCCC. The van der Waals surface area contributed by atoms with Gasteiger partial charge in [0, 0.05) is 6.42 Å². The predicted molar refractivity (Wildman–Crippen MR) is 142 cm³/mol. The molecule has 0 heterocycles. The minimum atomic E-state index is 0.0242. The van der Waals surface area contributed by atoms with Gasteiger partial charge in [-0.1, -0.05) is 162 Å². The van der Waals surface area contributed by atoms with Crippen molar-refractivity contribution in [2.24, 2.45) is 0 Å². The first kappa shape index (κ1) is 31.5. The Morgan fingerprint density at radius 3 is 1.03 bits per heavy atom. The Hall–Kier alpha value is -0.530. The highest BCUT2D eigenvalue weighted by atomic mass is 16.5. The Morgan fingerprint density at radius 2 is 0.688 bits per heavy atom. The number of esters is 1. The molecule has 0 aromatic carbocycles. The van der Waals surface area contributed by atoms with Crippen LogP contribution in [0.2, 0.25) is 0 Å². The Bertz CT molecular complexity index is 321. The second-order valence-corrected chi connectivity index (χ2v) is 10.1. The van der Waals surface area contributed by atoms with E-state index in [0.29, 0.717) is 13.0 Å². The monoisotopic (exact) mass is 452 g/mol. The van der Waals surface area contributed by atoms with Crippen LogP contribution < -0.4 is 0 Å². The average Bonchev–Trinajstić information content (AvgIpc) is 2.80. The first-order valence-electron chi connectivity index (χ1n) is 15.0. The van der Waals surface area contributed by atoms with Gasteiger partial charge >= 0.3 is 5.97 Å². The van der Waals surface area contributed by atoms with Crippen LogP contribution in [0, 0.1) is 0 Å². The summed E-state index contributed by atoms with van der Waals surface area (Å²) in [6.07, 6.45) is 34.2. The van der Waals surface area contributed by atoms with Crippen molar-refractivity contribution in [3.63, 3.8) is 0 Å². The van der Waals surface area contributed by atoms with Gasteiger partial charge in [0.15, 0.2) is 0 Å². The molecule has 2 nitrogen and oxygen atoms in total. The lowest BCUT2D eigenvalue weighted by atomic mass is 10.0. The largest absolute Gasteiger partial charge is 0.466 e. The van der Waals surface area contributed by atoms with Crippen LogP contribution in [0.3, 0.4) is 0 Å². The molecule has 0 aliphatic rings. The molecule has 0 unspecified atom stereocenters. The number of hydrogen-bond acceptors (Lipinski definition) is 2. The molecule has 0 atom stereocenters. The normalized spacial score (nSPS) is 11.2. The molecule has 2 heteroatoms. The average molecular weight is 453 g/mol. The molecule has 32 heavy (non-hydrogen) atoms. The van der Waals surface area contributed by atoms with Crippen LogP contribution in [-0.2, 0) is 9.53 Å². The fourth-order valence-corrected chi connectivity index (χ4v) is 4.49.